The topological polar surface area (TPSA) is 85.8 Å². The fourth-order valence-electron chi connectivity index (χ4n) is 1.92. The fourth-order valence-corrected chi connectivity index (χ4v) is 3.52. The zero-order valence-corrected chi connectivity index (χ0v) is 15.0. The molecule has 0 aliphatic rings. The zero-order valence-electron chi connectivity index (χ0n) is 12.6. The van der Waals surface area contributed by atoms with Crippen LogP contribution in [0.1, 0.15) is 6.92 Å². The van der Waals surface area contributed by atoms with E-state index in [0.717, 1.165) is 4.88 Å². The maximum Gasteiger partial charge on any atom is 0.237 e. The highest BCUT2D eigenvalue weighted by molar-refractivity contribution is 8.00. The van der Waals surface area contributed by atoms with Crippen LogP contribution in [0, 0.1) is 0 Å². The van der Waals surface area contributed by atoms with Gasteiger partial charge in [0.2, 0.25) is 11.1 Å². The maximum absolute atomic E-state index is 12.3. The summed E-state index contributed by atoms with van der Waals surface area (Å²) in [6.07, 6.45) is 0. The van der Waals surface area contributed by atoms with Crippen molar-refractivity contribution in [3.63, 3.8) is 0 Å². The summed E-state index contributed by atoms with van der Waals surface area (Å²) < 4.78 is 1.41. The smallest absolute Gasteiger partial charge is 0.237 e. The van der Waals surface area contributed by atoms with Gasteiger partial charge in [-0.25, -0.2) is 4.68 Å². The van der Waals surface area contributed by atoms with Crippen LogP contribution in [0.5, 0.6) is 0 Å². The van der Waals surface area contributed by atoms with Gasteiger partial charge in [0, 0.05) is 10.7 Å². The van der Waals surface area contributed by atoms with E-state index in [9.17, 15) is 4.79 Å². The normalized spacial score (nSPS) is 12.1. The van der Waals surface area contributed by atoms with Gasteiger partial charge in [-0.3, -0.25) is 4.79 Å². The minimum absolute atomic E-state index is 0.150. The number of nitrogen functional groups attached to an aromatic ring is 1. The average molecular weight is 380 g/mol. The molecule has 0 aliphatic carbocycles. The van der Waals surface area contributed by atoms with Crippen molar-refractivity contribution in [3.05, 3.63) is 46.8 Å². The molecule has 3 aromatic rings. The van der Waals surface area contributed by atoms with Crippen molar-refractivity contribution < 1.29 is 4.79 Å². The highest BCUT2D eigenvalue weighted by Gasteiger charge is 2.20. The number of rotatable bonds is 5. The second-order valence-electron chi connectivity index (χ2n) is 4.91. The minimum atomic E-state index is -0.386. The monoisotopic (exact) mass is 379 g/mol. The first kappa shape index (κ1) is 16.8. The van der Waals surface area contributed by atoms with Gasteiger partial charge in [-0.1, -0.05) is 29.4 Å². The number of amides is 1. The van der Waals surface area contributed by atoms with E-state index in [1.807, 2.05) is 17.5 Å². The Kier molecular flexibility index (Phi) is 5.08. The number of nitrogens with one attached hydrogen (secondary N) is 1. The van der Waals surface area contributed by atoms with Crippen LogP contribution in [-0.4, -0.2) is 26.0 Å². The number of halogens is 1. The van der Waals surface area contributed by atoms with Crippen molar-refractivity contribution >= 4 is 46.3 Å². The Hall–Kier alpha value is -2.03. The highest BCUT2D eigenvalue weighted by Crippen LogP contribution is 2.27. The molecule has 24 heavy (non-hydrogen) atoms. The molecule has 1 unspecified atom stereocenters. The number of thioether (sulfide) groups is 1. The number of hydrogen-bond acceptors (Lipinski definition) is 6. The molecule has 3 N–H and O–H groups in total. The van der Waals surface area contributed by atoms with Crippen molar-refractivity contribution in [2.45, 2.75) is 17.3 Å². The van der Waals surface area contributed by atoms with Crippen molar-refractivity contribution in [1.29, 1.82) is 0 Å². The van der Waals surface area contributed by atoms with Crippen molar-refractivity contribution in [1.82, 2.24) is 14.9 Å². The maximum atomic E-state index is 12.3. The first-order valence-electron chi connectivity index (χ1n) is 7.02. The predicted octanol–water partition coefficient (Wildman–Crippen LogP) is 3.49. The molecule has 0 saturated carbocycles. The molecule has 0 bridgehead atoms. The van der Waals surface area contributed by atoms with Crippen molar-refractivity contribution in [2.75, 3.05) is 11.2 Å². The molecule has 6 nitrogen and oxygen atoms in total. The van der Waals surface area contributed by atoms with Crippen LogP contribution in [0.3, 0.4) is 0 Å². The first-order valence-corrected chi connectivity index (χ1v) is 9.16. The summed E-state index contributed by atoms with van der Waals surface area (Å²) in [5, 5.41) is 13.7. The molecule has 0 fully saturated rings. The second kappa shape index (κ2) is 7.25. The van der Waals surface area contributed by atoms with Crippen LogP contribution in [-0.2, 0) is 4.79 Å². The van der Waals surface area contributed by atoms with Crippen LogP contribution in [0.4, 0.5) is 5.69 Å². The average Bonchev–Trinajstić information content (AvgIpc) is 3.20. The van der Waals surface area contributed by atoms with Gasteiger partial charge in [-0.2, -0.15) is 0 Å². The van der Waals surface area contributed by atoms with E-state index >= 15 is 0 Å². The number of benzene rings is 1. The van der Waals surface area contributed by atoms with Gasteiger partial charge in [0.1, 0.15) is 0 Å². The molecular formula is C15H14ClN5OS2. The van der Waals surface area contributed by atoms with Crippen LogP contribution >= 0.6 is 34.7 Å². The minimum Gasteiger partial charge on any atom is -0.335 e. The summed E-state index contributed by atoms with van der Waals surface area (Å²) in [4.78, 5) is 13.2. The molecule has 0 aliphatic heterocycles. The van der Waals surface area contributed by atoms with E-state index in [4.69, 9.17) is 17.4 Å². The summed E-state index contributed by atoms with van der Waals surface area (Å²) in [6.45, 7) is 1.79. The molecule has 0 radical (unpaired) electrons. The van der Waals surface area contributed by atoms with Crippen LogP contribution in [0.15, 0.2) is 46.9 Å². The fraction of sp³-hybridized carbons (Fsp3) is 0.133. The Labute approximate surface area is 152 Å². The van der Waals surface area contributed by atoms with Gasteiger partial charge in [-0.15, -0.1) is 21.5 Å². The third-order valence-electron chi connectivity index (χ3n) is 3.17. The molecular weight excluding hydrogens is 366 g/mol. The quantitative estimate of drug-likeness (QED) is 0.523. The van der Waals surface area contributed by atoms with Gasteiger partial charge in [-0.05, 0) is 42.6 Å². The molecule has 3 rings (SSSR count). The molecule has 0 saturated heterocycles. The standard InChI is InChI=1S/C15H14ClN5OS2/c1-9(14(22)18-11-6-4-10(16)5-7-11)24-15-20-19-13(21(15)17)12-3-2-8-23-12/h2-9H,17H2,1H3,(H,18,22). The highest BCUT2D eigenvalue weighted by atomic mass is 35.5. The van der Waals surface area contributed by atoms with Crippen LogP contribution in [0.2, 0.25) is 5.02 Å². The number of nitrogens with two attached hydrogens (primary N) is 1. The Bertz CT molecular complexity index is 832. The summed E-state index contributed by atoms with van der Waals surface area (Å²) in [7, 11) is 0. The van der Waals surface area contributed by atoms with Crippen LogP contribution in [0.25, 0.3) is 10.7 Å². The summed E-state index contributed by atoms with van der Waals surface area (Å²) in [6, 6.07) is 10.8. The Morgan fingerprint density at radius 1 is 1.33 bits per heavy atom. The zero-order chi connectivity index (χ0) is 17.1. The van der Waals surface area contributed by atoms with Gasteiger partial charge >= 0.3 is 0 Å². The third kappa shape index (κ3) is 3.72. The molecule has 124 valence electrons. The van der Waals surface area contributed by atoms with Gasteiger partial charge < -0.3 is 11.2 Å². The Morgan fingerprint density at radius 2 is 2.08 bits per heavy atom. The number of aromatic nitrogens is 3. The van der Waals surface area contributed by atoms with Crippen molar-refractivity contribution in [3.8, 4) is 10.7 Å². The lowest BCUT2D eigenvalue weighted by Crippen LogP contribution is -2.23. The molecule has 1 aromatic carbocycles. The van der Waals surface area contributed by atoms with Gasteiger partial charge in [0.05, 0.1) is 10.1 Å². The largest absolute Gasteiger partial charge is 0.335 e. The van der Waals surface area contributed by atoms with E-state index in [-0.39, 0.29) is 11.2 Å². The number of carbonyl (C=O) groups excluding carboxylic acids is 1. The number of hydrogen-bond donors (Lipinski definition) is 2. The molecule has 2 aromatic heterocycles. The summed E-state index contributed by atoms with van der Waals surface area (Å²) in [5.74, 6) is 6.47. The van der Waals surface area contributed by atoms with E-state index in [2.05, 4.69) is 15.5 Å². The summed E-state index contributed by atoms with van der Waals surface area (Å²) in [5.41, 5.74) is 0.685. The Balaban J connectivity index is 1.67. The number of nitrogens with zero attached hydrogens (tertiary/aromatic N) is 3. The number of thiophene rings is 1. The summed E-state index contributed by atoms with van der Waals surface area (Å²) >= 11 is 8.61. The van der Waals surface area contributed by atoms with Gasteiger partial charge in [0.25, 0.3) is 0 Å². The molecule has 1 amide bonds. The lowest BCUT2D eigenvalue weighted by atomic mass is 10.3. The second-order valence-corrected chi connectivity index (χ2v) is 7.60. The van der Waals surface area contributed by atoms with E-state index in [1.165, 1.54) is 27.8 Å². The van der Waals surface area contributed by atoms with E-state index < -0.39 is 0 Å². The SMILES string of the molecule is CC(Sc1nnc(-c2cccs2)n1N)C(=O)Nc1ccc(Cl)cc1. The van der Waals surface area contributed by atoms with Gasteiger partial charge in [0.15, 0.2) is 5.82 Å². The third-order valence-corrected chi connectivity index (χ3v) is 5.34. The lowest BCUT2D eigenvalue weighted by Gasteiger charge is -2.11. The molecule has 0 spiro atoms. The van der Waals surface area contributed by atoms with E-state index in [1.54, 1.807) is 31.2 Å². The predicted molar refractivity (Wildman–Crippen MR) is 98.9 cm³/mol. The number of carbonyl (C=O) groups is 1. The molecule has 1 atom stereocenters. The first-order chi connectivity index (χ1) is 11.5. The molecule has 2 heterocycles. The molecule has 9 heteroatoms. The lowest BCUT2D eigenvalue weighted by molar-refractivity contribution is -0.115. The Morgan fingerprint density at radius 3 is 2.75 bits per heavy atom. The van der Waals surface area contributed by atoms with Crippen LogP contribution < -0.4 is 11.2 Å². The van der Waals surface area contributed by atoms with E-state index in [0.29, 0.717) is 21.7 Å². The van der Waals surface area contributed by atoms with Crippen molar-refractivity contribution in [2.24, 2.45) is 0 Å². The number of anilines is 1.